The quantitative estimate of drug-likeness (QED) is 0.345. The zero-order valence-corrected chi connectivity index (χ0v) is 24.9. The van der Waals surface area contributed by atoms with Crippen molar-refractivity contribution >= 4 is 23.4 Å². The third kappa shape index (κ3) is 4.87. The van der Waals surface area contributed by atoms with Crippen LogP contribution in [0.15, 0.2) is 49.6 Å². The van der Waals surface area contributed by atoms with Gasteiger partial charge < -0.3 is 29.3 Å². The number of ether oxygens (including phenoxy) is 2. The van der Waals surface area contributed by atoms with Crippen molar-refractivity contribution in [1.29, 1.82) is 0 Å². The second-order valence-corrected chi connectivity index (χ2v) is 11.3. The first-order valence-corrected chi connectivity index (χ1v) is 14.8. The predicted molar refractivity (Wildman–Crippen MR) is 157 cm³/mol. The van der Waals surface area contributed by atoms with Crippen LogP contribution in [-0.2, 0) is 19.1 Å². The zero-order valence-electron chi connectivity index (χ0n) is 24.9. The summed E-state index contributed by atoms with van der Waals surface area (Å²) in [7, 11) is 1.58. The standard InChI is InChI=1S/C32H45N3O6/c1-7-18-33(19-8-2)28(37)25-26-29(38)35(22(10-4)21-36)27(32(26)17-16-31(25,11-5)41-32)30(39)34(20-9-3)23-12-14-24(40-6)15-13-23/h7,9,12-15,22,25-27,36H,1,3,8,10-11,16-21H2,2,4-6H3/t22-,25+,26-,27?,31-,32?/m0/s1. The summed E-state index contributed by atoms with van der Waals surface area (Å²) in [6, 6.07) is 5.56. The molecule has 1 aromatic rings. The molecule has 0 radical (unpaired) electrons. The molecule has 3 fully saturated rings. The number of anilines is 1. The highest BCUT2D eigenvalue weighted by Crippen LogP contribution is 2.65. The van der Waals surface area contributed by atoms with Crippen molar-refractivity contribution < 1.29 is 29.0 Å². The summed E-state index contributed by atoms with van der Waals surface area (Å²) in [5.41, 5.74) is -1.38. The second-order valence-electron chi connectivity index (χ2n) is 11.3. The van der Waals surface area contributed by atoms with E-state index in [0.29, 0.717) is 50.2 Å². The Morgan fingerprint density at radius 3 is 2.37 bits per heavy atom. The number of aliphatic hydroxyl groups is 1. The van der Waals surface area contributed by atoms with Crippen molar-refractivity contribution in [2.75, 3.05) is 38.3 Å². The van der Waals surface area contributed by atoms with Crippen LogP contribution in [-0.4, -0.2) is 89.3 Å². The highest BCUT2D eigenvalue weighted by Gasteiger charge is 2.79. The van der Waals surface area contributed by atoms with E-state index in [1.54, 1.807) is 53.3 Å². The summed E-state index contributed by atoms with van der Waals surface area (Å²) in [5.74, 6) is -1.61. The normalized spacial score (nSPS) is 28.8. The van der Waals surface area contributed by atoms with Gasteiger partial charge in [-0.25, -0.2) is 0 Å². The first kappa shape index (κ1) is 30.8. The molecule has 1 N–H and O–H groups in total. The number of likely N-dealkylation sites (tertiary alicyclic amines) is 1. The van der Waals surface area contributed by atoms with Crippen molar-refractivity contribution in [2.45, 2.75) is 76.2 Å². The number of benzene rings is 1. The molecule has 9 nitrogen and oxygen atoms in total. The minimum absolute atomic E-state index is 0.128. The van der Waals surface area contributed by atoms with Crippen LogP contribution in [0.5, 0.6) is 5.75 Å². The molecule has 2 unspecified atom stereocenters. The van der Waals surface area contributed by atoms with Gasteiger partial charge in [-0.3, -0.25) is 14.4 Å². The van der Waals surface area contributed by atoms with E-state index >= 15 is 0 Å². The fraction of sp³-hybridized carbons (Fsp3) is 0.594. The summed E-state index contributed by atoms with van der Waals surface area (Å²) >= 11 is 0. The summed E-state index contributed by atoms with van der Waals surface area (Å²) in [6.45, 7) is 14.4. The lowest BCUT2D eigenvalue weighted by atomic mass is 9.64. The predicted octanol–water partition coefficient (Wildman–Crippen LogP) is 3.56. The number of fused-ring (bicyclic) bond motifs is 1. The van der Waals surface area contributed by atoms with Gasteiger partial charge in [-0.2, -0.15) is 0 Å². The molecule has 41 heavy (non-hydrogen) atoms. The first-order valence-electron chi connectivity index (χ1n) is 14.8. The molecule has 1 spiro atoms. The van der Waals surface area contributed by atoms with Crippen LogP contribution in [0.25, 0.3) is 0 Å². The molecule has 3 aliphatic rings. The summed E-state index contributed by atoms with van der Waals surface area (Å²) in [4.78, 5) is 48.3. The molecule has 3 amide bonds. The van der Waals surface area contributed by atoms with Gasteiger partial charge in [-0.1, -0.05) is 32.9 Å². The number of nitrogens with zero attached hydrogens (tertiary/aromatic N) is 3. The zero-order chi connectivity index (χ0) is 29.9. The highest BCUT2D eigenvalue weighted by atomic mass is 16.5. The number of hydrogen-bond donors (Lipinski definition) is 1. The minimum Gasteiger partial charge on any atom is -0.497 e. The van der Waals surface area contributed by atoms with Crippen molar-refractivity contribution in [1.82, 2.24) is 9.80 Å². The van der Waals surface area contributed by atoms with Gasteiger partial charge in [0.05, 0.1) is 37.2 Å². The van der Waals surface area contributed by atoms with E-state index in [1.165, 1.54) is 4.90 Å². The summed E-state index contributed by atoms with van der Waals surface area (Å²) < 4.78 is 12.2. The molecule has 0 aliphatic carbocycles. The Kier molecular flexibility index (Phi) is 9.29. The Balaban J connectivity index is 1.85. The van der Waals surface area contributed by atoms with Crippen molar-refractivity contribution in [3.8, 4) is 5.75 Å². The van der Waals surface area contributed by atoms with Gasteiger partial charge in [-0.05, 0) is 56.4 Å². The van der Waals surface area contributed by atoms with E-state index in [9.17, 15) is 19.5 Å². The molecular weight excluding hydrogens is 522 g/mol. The van der Waals surface area contributed by atoms with Crippen LogP contribution in [0.2, 0.25) is 0 Å². The van der Waals surface area contributed by atoms with Gasteiger partial charge in [0, 0.05) is 25.3 Å². The van der Waals surface area contributed by atoms with Crippen LogP contribution in [0.1, 0.15) is 52.9 Å². The number of carbonyl (C=O) groups is 3. The van der Waals surface area contributed by atoms with Crippen molar-refractivity contribution in [2.24, 2.45) is 11.8 Å². The Morgan fingerprint density at radius 1 is 1.15 bits per heavy atom. The number of aliphatic hydroxyl groups excluding tert-OH is 1. The van der Waals surface area contributed by atoms with E-state index in [2.05, 4.69) is 13.2 Å². The van der Waals surface area contributed by atoms with Gasteiger partial charge in [0.1, 0.15) is 17.4 Å². The molecule has 3 aliphatic heterocycles. The lowest BCUT2D eigenvalue weighted by Crippen LogP contribution is -2.59. The molecule has 3 heterocycles. The Bertz CT molecular complexity index is 1150. The molecule has 6 atom stereocenters. The average molecular weight is 568 g/mol. The topological polar surface area (TPSA) is 99.6 Å². The molecule has 0 aromatic heterocycles. The van der Waals surface area contributed by atoms with Gasteiger partial charge >= 0.3 is 0 Å². The SMILES string of the molecule is C=CCN(CCC)C(=O)[C@H]1[C@H]2C(=O)N([C@@H](CC)CO)C(C(=O)N(CC=C)c3ccc(OC)cc3)C23CC[C@]1(CC)O3. The van der Waals surface area contributed by atoms with Crippen LogP contribution in [0.3, 0.4) is 0 Å². The van der Waals surface area contributed by atoms with E-state index in [-0.39, 0.29) is 30.9 Å². The molecule has 224 valence electrons. The molecule has 3 saturated heterocycles. The maximum Gasteiger partial charge on any atom is 0.253 e. The van der Waals surface area contributed by atoms with E-state index in [4.69, 9.17) is 9.47 Å². The van der Waals surface area contributed by atoms with Crippen molar-refractivity contribution in [3.63, 3.8) is 0 Å². The van der Waals surface area contributed by atoms with E-state index in [0.717, 1.165) is 6.42 Å². The largest absolute Gasteiger partial charge is 0.497 e. The maximum absolute atomic E-state index is 14.7. The fourth-order valence-corrected chi connectivity index (χ4v) is 7.39. The minimum atomic E-state index is -1.18. The van der Waals surface area contributed by atoms with Crippen LogP contribution in [0, 0.1) is 11.8 Å². The molecule has 1 aromatic carbocycles. The monoisotopic (exact) mass is 567 g/mol. The molecular formula is C32H45N3O6. The highest BCUT2D eigenvalue weighted by molar-refractivity contribution is 6.05. The Morgan fingerprint density at radius 2 is 1.83 bits per heavy atom. The smallest absolute Gasteiger partial charge is 0.253 e. The Hall–Kier alpha value is -3.17. The van der Waals surface area contributed by atoms with Gasteiger partial charge in [0.25, 0.3) is 5.91 Å². The first-order chi connectivity index (χ1) is 19.7. The molecule has 4 rings (SSSR count). The summed E-state index contributed by atoms with van der Waals surface area (Å²) in [6.07, 6.45) is 6.18. The molecule has 9 heteroatoms. The lowest BCUT2D eigenvalue weighted by Gasteiger charge is -2.39. The van der Waals surface area contributed by atoms with Gasteiger partial charge in [0.15, 0.2) is 0 Å². The third-order valence-electron chi connectivity index (χ3n) is 9.31. The van der Waals surface area contributed by atoms with Crippen molar-refractivity contribution in [3.05, 3.63) is 49.6 Å². The average Bonchev–Trinajstić information content (AvgIpc) is 3.60. The number of carbonyl (C=O) groups excluding carboxylic acids is 3. The van der Waals surface area contributed by atoms with Gasteiger partial charge in [-0.15, -0.1) is 13.2 Å². The Labute approximate surface area is 243 Å². The number of rotatable bonds is 14. The van der Waals surface area contributed by atoms with Crippen LogP contribution in [0.4, 0.5) is 5.69 Å². The second kappa shape index (κ2) is 12.4. The maximum atomic E-state index is 14.7. The summed E-state index contributed by atoms with van der Waals surface area (Å²) in [5, 5.41) is 10.4. The third-order valence-corrected chi connectivity index (χ3v) is 9.31. The number of hydrogen-bond acceptors (Lipinski definition) is 6. The number of amides is 3. The lowest BCUT2D eigenvalue weighted by molar-refractivity contribution is -0.153. The van der Waals surface area contributed by atoms with Crippen LogP contribution < -0.4 is 9.64 Å². The number of methoxy groups -OCH3 is 1. The van der Waals surface area contributed by atoms with Crippen LogP contribution >= 0.6 is 0 Å². The van der Waals surface area contributed by atoms with E-state index < -0.39 is 35.1 Å². The van der Waals surface area contributed by atoms with E-state index in [1.807, 2.05) is 20.8 Å². The molecule has 0 saturated carbocycles. The molecule has 2 bridgehead atoms. The van der Waals surface area contributed by atoms with Gasteiger partial charge in [0.2, 0.25) is 11.8 Å². The fourth-order valence-electron chi connectivity index (χ4n) is 7.39.